The predicted octanol–water partition coefficient (Wildman–Crippen LogP) is 0.555. The van der Waals surface area contributed by atoms with E-state index < -0.39 is 0 Å². The molecule has 0 spiro atoms. The molecule has 2 aromatic heterocycles. The second-order valence-corrected chi connectivity index (χ2v) is 2.41. The minimum Gasteiger partial charge on any atom is -0.334 e. The van der Waals surface area contributed by atoms with E-state index in [-0.39, 0.29) is 5.78 Å². The zero-order valence-electron chi connectivity index (χ0n) is 6.40. The standard InChI is InChI=1S/C7H6N4O/c1-4(12)6-9-5-2-3-8-11-7(5)10-6/h2-3H,1H3,(H,9,10,11). The van der Waals surface area contributed by atoms with Gasteiger partial charge in [0.1, 0.15) is 0 Å². The third kappa shape index (κ3) is 0.952. The summed E-state index contributed by atoms with van der Waals surface area (Å²) in [5.74, 6) is 0.221. The van der Waals surface area contributed by atoms with Crippen LogP contribution in [0.25, 0.3) is 11.2 Å². The van der Waals surface area contributed by atoms with Crippen molar-refractivity contribution >= 4 is 16.9 Å². The molecule has 0 aliphatic carbocycles. The lowest BCUT2D eigenvalue weighted by molar-refractivity contribution is 0.100. The van der Waals surface area contributed by atoms with Crippen LogP contribution >= 0.6 is 0 Å². The molecule has 0 saturated heterocycles. The molecule has 0 atom stereocenters. The van der Waals surface area contributed by atoms with Crippen LogP contribution in [-0.4, -0.2) is 25.9 Å². The Bertz CT molecular complexity index is 401. The third-order valence-corrected chi connectivity index (χ3v) is 1.51. The molecule has 2 aromatic rings. The van der Waals surface area contributed by atoms with Crippen LogP contribution in [-0.2, 0) is 0 Å². The Hall–Kier alpha value is -1.78. The fraction of sp³-hybridized carbons (Fsp3) is 0.143. The summed E-state index contributed by atoms with van der Waals surface area (Å²) in [6.07, 6.45) is 1.55. The highest BCUT2D eigenvalue weighted by molar-refractivity contribution is 5.93. The number of rotatable bonds is 1. The Morgan fingerprint density at radius 3 is 3.08 bits per heavy atom. The van der Waals surface area contributed by atoms with Gasteiger partial charge in [-0.05, 0) is 6.07 Å². The number of carbonyl (C=O) groups excluding carboxylic acids is 1. The SMILES string of the molecule is CC(=O)c1nc2nnccc2[nH]1. The molecule has 0 aromatic carbocycles. The summed E-state index contributed by atoms with van der Waals surface area (Å²) in [5, 5.41) is 7.38. The van der Waals surface area contributed by atoms with Crippen LogP contribution < -0.4 is 0 Å². The number of imidazole rings is 1. The number of fused-ring (bicyclic) bond motifs is 1. The molecule has 60 valence electrons. The molecule has 12 heavy (non-hydrogen) atoms. The van der Waals surface area contributed by atoms with E-state index in [1.807, 2.05) is 0 Å². The molecule has 0 saturated carbocycles. The van der Waals surface area contributed by atoms with Crippen molar-refractivity contribution in [3.05, 3.63) is 18.1 Å². The Morgan fingerprint density at radius 1 is 1.58 bits per heavy atom. The summed E-state index contributed by atoms with van der Waals surface area (Å²) >= 11 is 0. The van der Waals surface area contributed by atoms with Crippen molar-refractivity contribution in [1.29, 1.82) is 0 Å². The van der Waals surface area contributed by atoms with Gasteiger partial charge in [-0.15, -0.1) is 5.10 Å². The molecule has 5 nitrogen and oxygen atoms in total. The van der Waals surface area contributed by atoms with Gasteiger partial charge < -0.3 is 4.98 Å². The fourth-order valence-corrected chi connectivity index (χ4v) is 0.933. The molecule has 5 heteroatoms. The number of H-pyrrole nitrogens is 1. The minimum atomic E-state index is -0.104. The fourth-order valence-electron chi connectivity index (χ4n) is 0.933. The Kier molecular flexibility index (Phi) is 1.36. The quantitative estimate of drug-likeness (QED) is 0.622. The molecule has 2 heterocycles. The maximum atomic E-state index is 10.9. The highest BCUT2D eigenvalue weighted by atomic mass is 16.1. The number of ketones is 1. The van der Waals surface area contributed by atoms with E-state index in [1.165, 1.54) is 6.92 Å². The number of carbonyl (C=O) groups is 1. The zero-order valence-corrected chi connectivity index (χ0v) is 6.40. The molecule has 0 amide bonds. The average molecular weight is 162 g/mol. The maximum absolute atomic E-state index is 10.9. The van der Waals surface area contributed by atoms with Gasteiger partial charge in [-0.3, -0.25) is 4.79 Å². The van der Waals surface area contributed by atoms with E-state index >= 15 is 0 Å². The Labute approximate surface area is 67.8 Å². The number of Topliss-reactive ketones (excluding diaryl/α,β-unsaturated/α-hetero) is 1. The Morgan fingerprint density at radius 2 is 2.42 bits per heavy atom. The first-order valence-electron chi connectivity index (χ1n) is 3.46. The molecule has 0 fully saturated rings. The topological polar surface area (TPSA) is 71.5 Å². The van der Waals surface area contributed by atoms with Crippen LogP contribution in [0.15, 0.2) is 12.3 Å². The summed E-state index contributed by atoms with van der Waals surface area (Å²) in [6.45, 7) is 1.45. The number of hydrogen-bond donors (Lipinski definition) is 1. The van der Waals surface area contributed by atoms with E-state index in [4.69, 9.17) is 0 Å². The maximum Gasteiger partial charge on any atom is 0.200 e. The van der Waals surface area contributed by atoms with Gasteiger partial charge in [-0.2, -0.15) is 5.10 Å². The van der Waals surface area contributed by atoms with Gasteiger partial charge in [0.2, 0.25) is 0 Å². The average Bonchev–Trinajstić information content (AvgIpc) is 2.46. The van der Waals surface area contributed by atoms with Crippen molar-refractivity contribution in [1.82, 2.24) is 20.2 Å². The molecule has 1 N–H and O–H groups in total. The molecular weight excluding hydrogens is 156 g/mol. The van der Waals surface area contributed by atoms with E-state index in [0.29, 0.717) is 11.5 Å². The number of aromatic nitrogens is 4. The van der Waals surface area contributed by atoms with E-state index in [2.05, 4.69) is 20.2 Å². The molecule has 0 radical (unpaired) electrons. The second kappa shape index (κ2) is 2.37. The van der Waals surface area contributed by atoms with Crippen LogP contribution in [0, 0.1) is 0 Å². The van der Waals surface area contributed by atoms with Crippen LogP contribution in [0.5, 0.6) is 0 Å². The molecular formula is C7H6N4O. The molecule has 0 aliphatic heterocycles. The summed E-state index contributed by atoms with van der Waals surface area (Å²) in [6, 6.07) is 1.72. The van der Waals surface area contributed by atoms with E-state index in [9.17, 15) is 4.79 Å². The molecule has 2 rings (SSSR count). The zero-order chi connectivity index (χ0) is 8.55. The van der Waals surface area contributed by atoms with Gasteiger partial charge >= 0.3 is 0 Å². The lowest BCUT2D eigenvalue weighted by Gasteiger charge is -1.81. The molecule has 0 aliphatic rings. The number of nitrogens with one attached hydrogen (secondary N) is 1. The van der Waals surface area contributed by atoms with Gasteiger partial charge in [0, 0.05) is 6.92 Å². The first-order chi connectivity index (χ1) is 5.77. The van der Waals surface area contributed by atoms with Crippen molar-refractivity contribution in [3.8, 4) is 0 Å². The smallest absolute Gasteiger partial charge is 0.200 e. The third-order valence-electron chi connectivity index (χ3n) is 1.51. The summed E-state index contributed by atoms with van der Waals surface area (Å²) < 4.78 is 0. The minimum absolute atomic E-state index is 0.104. The van der Waals surface area contributed by atoms with Gasteiger partial charge in [-0.1, -0.05) is 0 Å². The summed E-state index contributed by atoms with van der Waals surface area (Å²) in [7, 11) is 0. The first kappa shape index (κ1) is 6.90. The van der Waals surface area contributed by atoms with Crippen molar-refractivity contribution in [2.45, 2.75) is 6.92 Å². The van der Waals surface area contributed by atoms with Crippen molar-refractivity contribution in [2.24, 2.45) is 0 Å². The van der Waals surface area contributed by atoms with Crippen molar-refractivity contribution < 1.29 is 4.79 Å². The van der Waals surface area contributed by atoms with Gasteiger partial charge in [-0.25, -0.2) is 4.98 Å². The number of hydrogen-bond acceptors (Lipinski definition) is 4. The monoisotopic (exact) mass is 162 g/mol. The van der Waals surface area contributed by atoms with Crippen LogP contribution in [0.3, 0.4) is 0 Å². The molecule has 0 unspecified atom stereocenters. The van der Waals surface area contributed by atoms with Crippen molar-refractivity contribution in [2.75, 3.05) is 0 Å². The lowest BCUT2D eigenvalue weighted by atomic mass is 10.4. The van der Waals surface area contributed by atoms with E-state index in [1.54, 1.807) is 12.3 Å². The largest absolute Gasteiger partial charge is 0.334 e. The van der Waals surface area contributed by atoms with Crippen LogP contribution in [0.4, 0.5) is 0 Å². The van der Waals surface area contributed by atoms with Crippen LogP contribution in [0.1, 0.15) is 17.5 Å². The normalized spacial score (nSPS) is 10.4. The van der Waals surface area contributed by atoms with Gasteiger partial charge in [0.15, 0.2) is 17.3 Å². The van der Waals surface area contributed by atoms with E-state index in [0.717, 1.165) is 5.52 Å². The highest BCUT2D eigenvalue weighted by Gasteiger charge is 2.06. The second-order valence-electron chi connectivity index (χ2n) is 2.41. The Balaban J connectivity index is 2.70. The molecule has 0 bridgehead atoms. The lowest BCUT2D eigenvalue weighted by Crippen LogP contribution is -1.93. The predicted molar refractivity (Wildman–Crippen MR) is 41.7 cm³/mol. The highest BCUT2D eigenvalue weighted by Crippen LogP contribution is 2.05. The summed E-state index contributed by atoms with van der Waals surface area (Å²) in [5.41, 5.74) is 1.21. The van der Waals surface area contributed by atoms with Crippen LogP contribution in [0.2, 0.25) is 0 Å². The first-order valence-corrected chi connectivity index (χ1v) is 3.46. The van der Waals surface area contributed by atoms with Gasteiger partial charge in [0.25, 0.3) is 0 Å². The number of aromatic amines is 1. The van der Waals surface area contributed by atoms with Gasteiger partial charge in [0.05, 0.1) is 11.7 Å². The van der Waals surface area contributed by atoms with Crippen molar-refractivity contribution in [3.63, 3.8) is 0 Å². The summed E-state index contributed by atoms with van der Waals surface area (Å²) in [4.78, 5) is 17.6. The number of nitrogens with zero attached hydrogens (tertiary/aromatic N) is 3.